The zero-order valence-corrected chi connectivity index (χ0v) is 11.7. The third kappa shape index (κ3) is 2.41. The van der Waals surface area contributed by atoms with E-state index in [0.29, 0.717) is 21.2 Å². The number of pyridine rings is 1. The van der Waals surface area contributed by atoms with E-state index in [1.54, 1.807) is 24.3 Å². The largest absolute Gasteiger partial charge is 0.224 e. The SMILES string of the molecule is N#Cc1c(Cl)ccc(Cl)c1-c1ccc(Cl)nc1Cl. The van der Waals surface area contributed by atoms with Crippen LogP contribution in [0.4, 0.5) is 0 Å². The number of benzene rings is 1. The Morgan fingerprint density at radius 3 is 2.22 bits per heavy atom. The van der Waals surface area contributed by atoms with Crippen molar-refractivity contribution in [3.63, 3.8) is 0 Å². The van der Waals surface area contributed by atoms with Gasteiger partial charge in [0.05, 0.1) is 10.6 Å². The molecule has 0 aliphatic carbocycles. The molecule has 2 rings (SSSR count). The fourth-order valence-electron chi connectivity index (χ4n) is 1.52. The van der Waals surface area contributed by atoms with E-state index in [9.17, 15) is 0 Å². The molecule has 0 spiro atoms. The Bertz CT molecular complexity index is 662. The maximum absolute atomic E-state index is 9.15. The van der Waals surface area contributed by atoms with Crippen LogP contribution in [0.5, 0.6) is 0 Å². The van der Waals surface area contributed by atoms with Gasteiger partial charge in [-0.2, -0.15) is 5.26 Å². The number of aromatic nitrogens is 1. The second-order valence-corrected chi connectivity index (χ2v) is 4.92. The summed E-state index contributed by atoms with van der Waals surface area (Å²) in [6, 6.07) is 8.39. The van der Waals surface area contributed by atoms with Crippen LogP contribution in [0, 0.1) is 11.3 Å². The number of halogens is 4. The zero-order valence-electron chi connectivity index (χ0n) is 8.72. The average Bonchev–Trinajstić information content (AvgIpc) is 2.33. The number of hydrogen-bond acceptors (Lipinski definition) is 2. The van der Waals surface area contributed by atoms with E-state index in [1.165, 1.54) is 0 Å². The van der Waals surface area contributed by atoms with E-state index in [2.05, 4.69) is 4.98 Å². The molecule has 2 nitrogen and oxygen atoms in total. The van der Waals surface area contributed by atoms with Crippen molar-refractivity contribution in [2.75, 3.05) is 0 Å². The molecule has 1 heterocycles. The molecule has 0 bridgehead atoms. The van der Waals surface area contributed by atoms with Crippen molar-refractivity contribution >= 4 is 46.4 Å². The van der Waals surface area contributed by atoms with Crippen molar-refractivity contribution in [3.05, 3.63) is 50.2 Å². The lowest BCUT2D eigenvalue weighted by molar-refractivity contribution is 1.32. The first-order valence-corrected chi connectivity index (χ1v) is 6.26. The molecule has 90 valence electrons. The molecule has 0 N–H and O–H groups in total. The van der Waals surface area contributed by atoms with Gasteiger partial charge in [0.25, 0.3) is 0 Å². The molecule has 0 aliphatic rings. The predicted molar refractivity (Wildman–Crippen MR) is 74.4 cm³/mol. The van der Waals surface area contributed by atoms with Gasteiger partial charge in [-0.1, -0.05) is 46.4 Å². The first-order chi connectivity index (χ1) is 8.54. The molecule has 1 aromatic carbocycles. The lowest BCUT2D eigenvalue weighted by Gasteiger charge is -2.09. The first kappa shape index (κ1) is 13.5. The third-order valence-electron chi connectivity index (χ3n) is 2.30. The predicted octanol–water partition coefficient (Wildman–Crippen LogP) is 5.23. The summed E-state index contributed by atoms with van der Waals surface area (Å²) in [4.78, 5) is 3.92. The van der Waals surface area contributed by atoms with Crippen molar-refractivity contribution in [3.8, 4) is 17.2 Å². The van der Waals surface area contributed by atoms with Crippen LogP contribution < -0.4 is 0 Å². The van der Waals surface area contributed by atoms with Crippen LogP contribution in [0.25, 0.3) is 11.1 Å². The van der Waals surface area contributed by atoms with Gasteiger partial charge in [0.2, 0.25) is 0 Å². The van der Waals surface area contributed by atoms with Gasteiger partial charge in [-0.3, -0.25) is 0 Å². The molecular weight excluding hydrogens is 314 g/mol. The van der Waals surface area contributed by atoms with Crippen LogP contribution >= 0.6 is 46.4 Å². The monoisotopic (exact) mass is 316 g/mol. The highest BCUT2D eigenvalue weighted by molar-refractivity contribution is 6.38. The minimum Gasteiger partial charge on any atom is -0.224 e. The van der Waals surface area contributed by atoms with E-state index in [-0.39, 0.29) is 15.9 Å². The molecule has 0 fully saturated rings. The molecule has 18 heavy (non-hydrogen) atoms. The Morgan fingerprint density at radius 1 is 0.944 bits per heavy atom. The summed E-state index contributed by atoms with van der Waals surface area (Å²) in [7, 11) is 0. The van der Waals surface area contributed by atoms with Crippen LogP contribution in [0.15, 0.2) is 24.3 Å². The van der Waals surface area contributed by atoms with Gasteiger partial charge in [0.15, 0.2) is 0 Å². The highest BCUT2D eigenvalue weighted by atomic mass is 35.5. The van der Waals surface area contributed by atoms with Gasteiger partial charge >= 0.3 is 0 Å². The van der Waals surface area contributed by atoms with Gasteiger partial charge < -0.3 is 0 Å². The average molecular weight is 318 g/mol. The van der Waals surface area contributed by atoms with Crippen molar-refractivity contribution in [2.24, 2.45) is 0 Å². The number of hydrogen-bond donors (Lipinski definition) is 0. The van der Waals surface area contributed by atoms with E-state index in [4.69, 9.17) is 51.7 Å². The van der Waals surface area contributed by atoms with E-state index < -0.39 is 0 Å². The Labute approximate surface area is 124 Å². The van der Waals surface area contributed by atoms with Crippen molar-refractivity contribution in [1.82, 2.24) is 4.98 Å². The van der Waals surface area contributed by atoms with Crippen LogP contribution in [0.2, 0.25) is 20.4 Å². The molecule has 0 amide bonds. The quantitative estimate of drug-likeness (QED) is 0.675. The summed E-state index contributed by atoms with van der Waals surface area (Å²) in [5, 5.41) is 10.3. The molecule has 0 radical (unpaired) electrons. The van der Waals surface area contributed by atoms with Crippen LogP contribution in [-0.4, -0.2) is 4.98 Å². The highest BCUT2D eigenvalue weighted by Gasteiger charge is 2.16. The summed E-state index contributed by atoms with van der Waals surface area (Å²) < 4.78 is 0. The zero-order chi connectivity index (χ0) is 13.3. The van der Waals surface area contributed by atoms with Crippen molar-refractivity contribution in [2.45, 2.75) is 0 Å². The number of nitrogens with zero attached hydrogens (tertiary/aromatic N) is 2. The highest BCUT2D eigenvalue weighted by Crippen LogP contribution is 2.38. The molecule has 0 saturated heterocycles. The summed E-state index contributed by atoms with van der Waals surface area (Å²) >= 11 is 23.8. The van der Waals surface area contributed by atoms with Gasteiger partial charge in [-0.05, 0) is 24.3 Å². The molecule has 0 aliphatic heterocycles. The maximum Gasteiger partial charge on any atom is 0.138 e. The Balaban J connectivity index is 2.79. The lowest BCUT2D eigenvalue weighted by Crippen LogP contribution is -1.90. The number of nitriles is 1. The second-order valence-electron chi connectivity index (χ2n) is 3.36. The van der Waals surface area contributed by atoms with Crippen LogP contribution in [0.3, 0.4) is 0 Å². The molecular formula is C12H4Cl4N2. The third-order valence-corrected chi connectivity index (χ3v) is 3.43. The van der Waals surface area contributed by atoms with Crippen molar-refractivity contribution in [1.29, 1.82) is 5.26 Å². The smallest absolute Gasteiger partial charge is 0.138 e. The Hall–Kier alpha value is -0.980. The molecule has 0 unspecified atom stereocenters. The van der Waals surface area contributed by atoms with E-state index in [0.717, 1.165) is 0 Å². The Kier molecular flexibility index (Phi) is 3.99. The fraction of sp³-hybridized carbons (Fsp3) is 0. The summed E-state index contributed by atoms with van der Waals surface area (Å²) in [5.74, 6) is 0. The standard InChI is InChI=1S/C12H4Cl4N2/c13-8-2-3-9(14)11(7(8)5-17)6-1-4-10(15)18-12(6)16/h1-4H. The normalized spacial score (nSPS) is 10.2. The van der Waals surface area contributed by atoms with E-state index in [1.807, 2.05) is 6.07 Å². The van der Waals surface area contributed by atoms with Crippen LogP contribution in [-0.2, 0) is 0 Å². The number of rotatable bonds is 1. The molecule has 6 heteroatoms. The molecule has 2 aromatic rings. The van der Waals surface area contributed by atoms with Gasteiger partial charge in [-0.25, -0.2) is 4.98 Å². The minimum atomic E-state index is 0.170. The summed E-state index contributed by atoms with van der Waals surface area (Å²) in [6.07, 6.45) is 0. The van der Waals surface area contributed by atoms with Crippen molar-refractivity contribution < 1.29 is 0 Å². The summed E-state index contributed by atoms with van der Waals surface area (Å²) in [6.45, 7) is 0. The first-order valence-electron chi connectivity index (χ1n) is 4.75. The molecule has 0 atom stereocenters. The van der Waals surface area contributed by atoms with E-state index >= 15 is 0 Å². The van der Waals surface area contributed by atoms with Gasteiger partial charge in [-0.15, -0.1) is 0 Å². The summed E-state index contributed by atoms with van der Waals surface area (Å²) in [5.41, 5.74) is 1.24. The Morgan fingerprint density at radius 2 is 1.61 bits per heavy atom. The topological polar surface area (TPSA) is 36.7 Å². The lowest BCUT2D eigenvalue weighted by atomic mass is 10.0. The maximum atomic E-state index is 9.15. The van der Waals surface area contributed by atoms with Crippen LogP contribution in [0.1, 0.15) is 5.56 Å². The minimum absolute atomic E-state index is 0.170. The molecule has 1 aromatic heterocycles. The molecule has 0 saturated carbocycles. The van der Waals surface area contributed by atoms with Gasteiger partial charge in [0, 0.05) is 16.1 Å². The van der Waals surface area contributed by atoms with Gasteiger partial charge in [0.1, 0.15) is 16.4 Å². The second kappa shape index (κ2) is 5.34. The fourth-order valence-corrected chi connectivity index (χ4v) is 2.42.